The molecule has 2 aliphatic rings. The monoisotopic (exact) mass is 320 g/mol. The molecule has 1 heterocycles. The van der Waals surface area contributed by atoms with Gasteiger partial charge in [-0.15, -0.1) is 0 Å². The van der Waals surface area contributed by atoms with E-state index in [1.54, 1.807) is 6.92 Å². The summed E-state index contributed by atoms with van der Waals surface area (Å²) in [6.07, 6.45) is 4.34. The van der Waals surface area contributed by atoms with Crippen LogP contribution in [0.5, 0.6) is 0 Å². The minimum Gasteiger partial charge on any atom is -0.336 e. The van der Waals surface area contributed by atoms with Crippen LogP contribution in [0, 0.1) is 11.3 Å². The molecule has 0 radical (unpaired) electrons. The van der Waals surface area contributed by atoms with Crippen LogP contribution in [0.4, 0.5) is 4.79 Å². The van der Waals surface area contributed by atoms with E-state index < -0.39 is 35.8 Å². The molecule has 0 unspecified atom stereocenters. The number of hydrogen-bond donors (Lipinski definition) is 1. The first-order valence-electron chi connectivity index (χ1n) is 7.83. The quantitative estimate of drug-likeness (QED) is 0.587. The van der Waals surface area contributed by atoms with Crippen molar-refractivity contribution in [3.05, 3.63) is 0 Å². The van der Waals surface area contributed by atoms with Gasteiger partial charge in [0.15, 0.2) is 0 Å². The molecule has 0 bridgehead atoms. The Hall–Kier alpha value is -2.43. The highest BCUT2D eigenvalue weighted by Gasteiger charge is 2.45. The standard InChI is InChI=1S/C15H20N4O4/c1-2-8-18-12(21)13(22)19(14(18)23)9-11(20)17-15(10-16)6-4-3-5-7-15/h2-9H2,1H3,(H,17,20). The van der Waals surface area contributed by atoms with Crippen LogP contribution in [-0.2, 0) is 14.4 Å². The minimum atomic E-state index is -0.992. The summed E-state index contributed by atoms with van der Waals surface area (Å²) in [7, 11) is 0. The van der Waals surface area contributed by atoms with Gasteiger partial charge in [0.25, 0.3) is 0 Å². The van der Waals surface area contributed by atoms with Crippen molar-refractivity contribution in [1.29, 1.82) is 5.26 Å². The lowest BCUT2D eigenvalue weighted by Gasteiger charge is -2.31. The Morgan fingerprint density at radius 1 is 1.17 bits per heavy atom. The Morgan fingerprint density at radius 3 is 2.35 bits per heavy atom. The largest absolute Gasteiger partial charge is 0.336 e. The molecule has 0 aromatic carbocycles. The molecular formula is C15H20N4O4. The van der Waals surface area contributed by atoms with Gasteiger partial charge in [-0.2, -0.15) is 5.26 Å². The third kappa shape index (κ3) is 3.33. The number of urea groups is 1. The van der Waals surface area contributed by atoms with Crippen LogP contribution < -0.4 is 5.32 Å². The second kappa shape index (κ2) is 6.77. The van der Waals surface area contributed by atoms with Gasteiger partial charge in [0.1, 0.15) is 12.1 Å². The molecule has 23 heavy (non-hydrogen) atoms. The fraction of sp³-hybridized carbons (Fsp3) is 0.667. The van der Waals surface area contributed by atoms with Crippen molar-refractivity contribution in [2.45, 2.75) is 51.0 Å². The SMILES string of the molecule is CCCN1C(=O)C(=O)N(CC(=O)NC2(C#N)CCCCC2)C1=O. The van der Waals surface area contributed by atoms with Gasteiger partial charge in [-0.25, -0.2) is 9.69 Å². The van der Waals surface area contributed by atoms with E-state index in [9.17, 15) is 24.4 Å². The maximum Gasteiger partial charge on any atom is 0.334 e. The summed E-state index contributed by atoms with van der Waals surface area (Å²) in [5.74, 6) is -2.49. The van der Waals surface area contributed by atoms with E-state index in [0.717, 1.165) is 24.2 Å². The lowest BCUT2D eigenvalue weighted by molar-refractivity contribution is -0.144. The third-order valence-electron chi connectivity index (χ3n) is 4.18. The number of nitriles is 1. The van der Waals surface area contributed by atoms with Crippen molar-refractivity contribution in [3.8, 4) is 6.07 Å². The average Bonchev–Trinajstić information content (AvgIpc) is 2.74. The van der Waals surface area contributed by atoms with Gasteiger partial charge in [0, 0.05) is 6.54 Å². The van der Waals surface area contributed by atoms with Crippen molar-refractivity contribution >= 4 is 23.8 Å². The maximum absolute atomic E-state index is 12.2. The highest BCUT2D eigenvalue weighted by atomic mass is 16.2. The summed E-state index contributed by atoms with van der Waals surface area (Å²) in [6, 6.07) is 1.36. The number of nitrogens with one attached hydrogen (secondary N) is 1. The van der Waals surface area contributed by atoms with E-state index in [-0.39, 0.29) is 6.54 Å². The zero-order valence-electron chi connectivity index (χ0n) is 13.1. The van der Waals surface area contributed by atoms with Gasteiger partial charge < -0.3 is 5.32 Å². The van der Waals surface area contributed by atoms with E-state index in [2.05, 4.69) is 11.4 Å². The zero-order valence-corrected chi connectivity index (χ0v) is 13.1. The molecule has 0 spiro atoms. The Kier molecular flexibility index (Phi) is 4.98. The predicted octanol–water partition coefficient (Wildman–Crippen LogP) is 0.530. The van der Waals surface area contributed by atoms with E-state index in [4.69, 9.17) is 0 Å². The average molecular weight is 320 g/mol. The maximum atomic E-state index is 12.2. The number of carbonyl (C=O) groups excluding carboxylic acids is 4. The lowest BCUT2D eigenvalue weighted by Crippen LogP contribution is -2.52. The van der Waals surface area contributed by atoms with Crippen LogP contribution in [-0.4, -0.2) is 52.2 Å². The molecule has 8 nitrogen and oxygen atoms in total. The Bertz CT molecular complexity index is 575. The summed E-state index contributed by atoms with van der Waals surface area (Å²) in [4.78, 5) is 49.3. The van der Waals surface area contributed by atoms with Crippen molar-refractivity contribution in [2.75, 3.05) is 13.1 Å². The van der Waals surface area contributed by atoms with Crippen molar-refractivity contribution in [2.24, 2.45) is 0 Å². The number of carbonyl (C=O) groups is 4. The van der Waals surface area contributed by atoms with E-state index in [0.29, 0.717) is 24.2 Å². The third-order valence-corrected chi connectivity index (χ3v) is 4.18. The topological polar surface area (TPSA) is 111 Å². The van der Waals surface area contributed by atoms with Crippen molar-refractivity contribution < 1.29 is 19.2 Å². The molecule has 1 N–H and O–H groups in total. The number of hydrogen-bond acceptors (Lipinski definition) is 5. The van der Waals surface area contributed by atoms with Crippen molar-refractivity contribution in [3.63, 3.8) is 0 Å². The molecule has 0 aromatic rings. The zero-order chi connectivity index (χ0) is 17.0. The van der Waals surface area contributed by atoms with Gasteiger partial charge in [0.2, 0.25) is 5.91 Å². The number of rotatable bonds is 5. The number of nitrogens with zero attached hydrogens (tertiary/aromatic N) is 3. The van der Waals surface area contributed by atoms with E-state index >= 15 is 0 Å². The van der Waals surface area contributed by atoms with Gasteiger partial charge in [0.05, 0.1) is 6.07 Å². The molecular weight excluding hydrogens is 300 g/mol. The van der Waals surface area contributed by atoms with Gasteiger partial charge in [-0.1, -0.05) is 26.2 Å². The molecule has 5 amide bonds. The Morgan fingerprint density at radius 2 is 1.78 bits per heavy atom. The lowest BCUT2D eigenvalue weighted by atomic mass is 9.83. The van der Waals surface area contributed by atoms with Crippen LogP contribution in [0.25, 0.3) is 0 Å². The minimum absolute atomic E-state index is 0.143. The molecule has 2 fully saturated rings. The first-order chi connectivity index (χ1) is 10.9. The van der Waals surface area contributed by atoms with Crippen LogP contribution >= 0.6 is 0 Å². The van der Waals surface area contributed by atoms with Crippen LogP contribution in [0.2, 0.25) is 0 Å². The molecule has 0 atom stereocenters. The first kappa shape index (κ1) is 16.9. The van der Waals surface area contributed by atoms with Gasteiger partial charge in [-0.3, -0.25) is 19.3 Å². The summed E-state index contributed by atoms with van der Waals surface area (Å²) >= 11 is 0. The van der Waals surface area contributed by atoms with E-state index in [1.165, 1.54) is 0 Å². The molecule has 1 saturated carbocycles. The highest BCUT2D eigenvalue weighted by Crippen LogP contribution is 2.27. The van der Waals surface area contributed by atoms with Gasteiger partial charge in [-0.05, 0) is 19.3 Å². The summed E-state index contributed by atoms with van der Waals surface area (Å²) < 4.78 is 0. The summed E-state index contributed by atoms with van der Waals surface area (Å²) in [5, 5.41) is 12.0. The van der Waals surface area contributed by atoms with Crippen molar-refractivity contribution in [1.82, 2.24) is 15.1 Å². The number of amides is 5. The second-order valence-corrected chi connectivity index (χ2v) is 5.93. The number of imide groups is 2. The Balaban J connectivity index is 2.02. The molecule has 0 aromatic heterocycles. The van der Waals surface area contributed by atoms with Crippen LogP contribution in [0.15, 0.2) is 0 Å². The fourth-order valence-corrected chi connectivity index (χ4v) is 2.98. The Labute approximate surface area is 134 Å². The first-order valence-corrected chi connectivity index (χ1v) is 7.83. The van der Waals surface area contributed by atoms with Crippen LogP contribution in [0.1, 0.15) is 45.4 Å². The molecule has 8 heteroatoms. The predicted molar refractivity (Wildman–Crippen MR) is 78.7 cm³/mol. The highest BCUT2D eigenvalue weighted by molar-refractivity contribution is 6.45. The van der Waals surface area contributed by atoms with E-state index in [1.807, 2.05) is 0 Å². The summed E-state index contributed by atoms with van der Waals surface area (Å²) in [5.41, 5.74) is -0.936. The molecule has 1 aliphatic heterocycles. The molecule has 1 aliphatic carbocycles. The smallest absolute Gasteiger partial charge is 0.334 e. The summed E-state index contributed by atoms with van der Waals surface area (Å²) in [6.45, 7) is 1.39. The molecule has 2 rings (SSSR count). The second-order valence-electron chi connectivity index (χ2n) is 5.93. The van der Waals surface area contributed by atoms with Gasteiger partial charge >= 0.3 is 17.8 Å². The normalized spacial score (nSPS) is 20.6. The van der Waals surface area contributed by atoms with Crippen LogP contribution in [0.3, 0.4) is 0 Å². The molecule has 1 saturated heterocycles. The molecule has 124 valence electrons. The fourth-order valence-electron chi connectivity index (χ4n) is 2.98.